The van der Waals surface area contributed by atoms with Crippen LogP contribution in [0.2, 0.25) is 0 Å². The van der Waals surface area contributed by atoms with Gasteiger partial charge in [-0.3, -0.25) is 4.79 Å². The number of Topliss-reactive ketones (excluding diaryl/α,β-unsaturated/α-hetero) is 1. The molecule has 3 rings (SSSR count). The Bertz CT molecular complexity index is 590. The van der Waals surface area contributed by atoms with Crippen LogP contribution in [0.5, 0.6) is 0 Å². The number of rotatable bonds is 2. The third-order valence-electron chi connectivity index (χ3n) is 4.21. The normalized spacial score (nSPS) is 16.8. The Balaban J connectivity index is 1.93. The van der Waals surface area contributed by atoms with Gasteiger partial charge in [-0.2, -0.15) is 0 Å². The predicted molar refractivity (Wildman–Crippen MR) is 79.6 cm³/mol. The molecule has 98 valence electrons. The van der Waals surface area contributed by atoms with Crippen molar-refractivity contribution in [1.29, 1.82) is 0 Å². The molecule has 0 amide bonds. The minimum absolute atomic E-state index is 0.419. The molecule has 1 fully saturated rings. The number of carbonyl (C=O) groups is 1. The second kappa shape index (κ2) is 5.04. The Morgan fingerprint density at radius 2 is 1.68 bits per heavy atom. The molecular weight excluding hydrogens is 234 g/mol. The van der Waals surface area contributed by atoms with Crippen molar-refractivity contribution in [2.75, 3.05) is 11.9 Å². The molecule has 0 aliphatic heterocycles. The van der Waals surface area contributed by atoms with Crippen LogP contribution in [0.3, 0.4) is 0 Å². The average molecular weight is 253 g/mol. The van der Waals surface area contributed by atoms with Gasteiger partial charge in [-0.05, 0) is 24.3 Å². The van der Waals surface area contributed by atoms with Gasteiger partial charge in [0.15, 0.2) is 0 Å². The summed E-state index contributed by atoms with van der Waals surface area (Å²) in [5.74, 6) is 0.419. The number of carbonyl (C=O) groups excluding carboxylic acids is 1. The molecule has 2 aromatic rings. The lowest BCUT2D eigenvalue weighted by Gasteiger charge is -2.33. The average Bonchev–Trinajstić information content (AvgIpc) is 2.47. The van der Waals surface area contributed by atoms with Crippen LogP contribution in [0.15, 0.2) is 42.5 Å². The van der Waals surface area contributed by atoms with Gasteiger partial charge in [0.05, 0.1) is 0 Å². The molecule has 0 bridgehead atoms. The van der Waals surface area contributed by atoms with Crippen LogP contribution in [0, 0.1) is 0 Å². The molecule has 0 N–H and O–H groups in total. The molecule has 19 heavy (non-hydrogen) atoms. The number of ketones is 1. The molecule has 0 radical (unpaired) electrons. The summed E-state index contributed by atoms with van der Waals surface area (Å²) in [4.78, 5) is 13.7. The molecule has 2 nitrogen and oxygen atoms in total. The number of nitrogens with zero attached hydrogens (tertiary/aromatic N) is 1. The van der Waals surface area contributed by atoms with Crippen molar-refractivity contribution in [2.45, 2.75) is 31.7 Å². The second-order valence-corrected chi connectivity index (χ2v) is 5.38. The van der Waals surface area contributed by atoms with Crippen molar-refractivity contribution >= 4 is 22.2 Å². The van der Waals surface area contributed by atoms with E-state index in [4.69, 9.17) is 0 Å². The van der Waals surface area contributed by atoms with Crippen molar-refractivity contribution in [2.24, 2.45) is 0 Å². The molecule has 2 heteroatoms. The van der Waals surface area contributed by atoms with Crippen LogP contribution < -0.4 is 4.90 Å². The second-order valence-electron chi connectivity index (χ2n) is 5.38. The summed E-state index contributed by atoms with van der Waals surface area (Å²) >= 11 is 0. The maximum Gasteiger partial charge on any atom is 0.133 e. The van der Waals surface area contributed by atoms with E-state index in [0.717, 1.165) is 25.7 Å². The molecule has 1 aliphatic carbocycles. The summed E-state index contributed by atoms with van der Waals surface area (Å²) < 4.78 is 0. The van der Waals surface area contributed by atoms with Gasteiger partial charge >= 0.3 is 0 Å². The van der Waals surface area contributed by atoms with Crippen molar-refractivity contribution in [3.8, 4) is 0 Å². The fourth-order valence-corrected chi connectivity index (χ4v) is 3.02. The van der Waals surface area contributed by atoms with Crippen LogP contribution in [-0.2, 0) is 4.79 Å². The summed E-state index contributed by atoms with van der Waals surface area (Å²) in [7, 11) is 2.15. The highest BCUT2D eigenvalue weighted by Crippen LogP contribution is 2.30. The van der Waals surface area contributed by atoms with Crippen LogP contribution in [-0.4, -0.2) is 18.9 Å². The van der Waals surface area contributed by atoms with E-state index in [9.17, 15) is 4.79 Å². The maximum atomic E-state index is 11.4. The number of hydrogen-bond acceptors (Lipinski definition) is 2. The summed E-state index contributed by atoms with van der Waals surface area (Å²) in [6.45, 7) is 0. The Morgan fingerprint density at radius 3 is 2.47 bits per heavy atom. The van der Waals surface area contributed by atoms with Gasteiger partial charge in [0, 0.05) is 37.0 Å². The molecule has 1 aliphatic rings. The molecule has 0 aromatic heterocycles. The number of fused-ring (bicyclic) bond motifs is 1. The Labute approximate surface area is 114 Å². The lowest BCUT2D eigenvalue weighted by Crippen LogP contribution is -2.35. The lowest BCUT2D eigenvalue weighted by atomic mass is 9.92. The maximum absolute atomic E-state index is 11.4. The minimum Gasteiger partial charge on any atom is -0.371 e. The third kappa shape index (κ3) is 2.35. The molecule has 0 spiro atoms. The fourth-order valence-electron chi connectivity index (χ4n) is 3.02. The van der Waals surface area contributed by atoms with Gasteiger partial charge in [-0.25, -0.2) is 0 Å². The van der Waals surface area contributed by atoms with E-state index in [0.29, 0.717) is 11.8 Å². The van der Waals surface area contributed by atoms with Crippen LogP contribution in [0.4, 0.5) is 5.69 Å². The number of anilines is 1. The molecule has 0 saturated heterocycles. The van der Waals surface area contributed by atoms with E-state index >= 15 is 0 Å². The fraction of sp³-hybridized carbons (Fsp3) is 0.353. The van der Waals surface area contributed by atoms with Crippen molar-refractivity contribution < 1.29 is 4.79 Å². The molecule has 1 saturated carbocycles. The Kier molecular flexibility index (Phi) is 3.24. The Hall–Kier alpha value is -1.83. The zero-order valence-electron chi connectivity index (χ0n) is 11.3. The molecular formula is C17H19NO. The van der Waals surface area contributed by atoms with Crippen molar-refractivity contribution in [3.63, 3.8) is 0 Å². The first kappa shape index (κ1) is 12.2. The zero-order chi connectivity index (χ0) is 13.2. The zero-order valence-corrected chi connectivity index (χ0v) is 11.3. The number of benzene rings is 2. The molecule has 2 aromatic carbocycles. The standard InChI is InChI=1S/C17H19NO/c1-18(14-9-11-15(19)12-10-14)17-8-4-6-13-5-2-3-7-16(13)17/h2-8,14H,9-12H2,1H3. The highest BCUT2D eigenvalue weighted by atomic mass is 16.1. The first-order valence-corrected chi connectivity index (χ1v) is 6.98. The lowest BCUT2D eigenvalue weighted by molar-refractivity contribution is -0.120. The molecule has 0 heterocycles. The van der Waals surface area contributed by atoms with Crippen LogP contribution >= 0.6 is 0 Å². The smallest absolute Gasteiger partial charge is 0.133 e. The summed E-state index contributed by atoms with van der Waals surface area (Å²) in [6, 6.07) is 15.4. The van der Waals surface area contributed by atoms with Gasteiger partial charge in [-0.15, -0.1) is 0 Å². The van der Waals surface area contributed by atoms with Gasteiger partial charge < -0.3 is 4.90 Å². The van der Waals surface area contributed by atoms with E-state index in [-0.39, 0.29) is 0 Å². The Morgan fingerprint density at radius 1 is 1.00 bits per heavy atom. The largest absolute Gasteiger partial charge is 0.371 e. The third-order valence-corrected chi connectivity index (χ3v) is 4.21. The van der Waals surface area contributed by atoms with Gasteiger partial charge in [0.1, 0.15) is 5.78 Å². The summed E-state index contributed by atoms with van der Waals surface area (Å²) in [5.41, 5.74) is 1.28. The van der Waals surface area contributed by atoms with Crippen molar-refractivity contribution in [3.05, 3.63) is 42.5 Å². The van der Waals surface area contributed by atoms with E-state index in [1.54, 1.807) is 0 Å². The SMILES string of the molecule is CN(c1cccc2ccccc12)C1CCC(=O)CC1. The van der Waals surface area contributed by atoms with Crippen LogP contribution in [0.1, 0.15) is 25.7 Å². The summed E-state index contributed by atoms with van der Waals surface area (Å²) in [6.07, 6.45) is 3.44. The van der Waals surface area contributed by atoms with E-state index in [1.165, 1.54) is 16.5 Å². The minimum atomic E-state index is 0.419. The number of hydrogen-bond donors (Lipinski definition) is 0. The van der Waals surface area contributed by atoms with E-state index in [2.05, 4.69) is 54.4 Å². The first-order chi connectivity index (χ1) is 9.25. The van der Waals surface area contributed by atoms with Gasteiger partial charge in [0.25, 0.3) is 0 Å². The quantitative estimate of drug-likeness (QED) is 0.811. The van der Waals surface area contributed by atoms with Crippen molar-refractivity contribution in [1.82, 2.24) is 0 Å². The molecule has 0 atom stereocenters. The van der Waals surface area contributed by atoms with E-state index < -0.39 is 0 Å². The first-order valence-electron chi connectivity index (χ1n) is 6.98. The predicted octanol–water partition coefficient (Wildman–Crippen LogP) is 3.79. The topological polar surface area (TPSA) is 20.3 Å². The monoisotopic (exact) mass is 253 g/mol. The highest BCUT2D eigenvalue weighted by Gasteiger charge is 2.23. The van der Waals surface area contributed by atoms with Gasteiger partial charge in [0.2, 0.25) is 0 Å². The van der Waals surface area contributed by atoms with E-state index in [1.807, 2.05) is 0 Å². The molecule has 0 unspecified atom stereocenters. The van der Waals surface area contributed by atoms with Crippen LogP contribution in [0.25, 0.3) is 10.8 Å². The van der Waals surface area contributed by atoms with Gasteiger partial charge in [-0.1, -0.05) is 36.4 Å². The highest BCUT2D eigenvalue weighted by molar-refractivity contribution is 5.94. The summed E-state index contributed by atoms with van der Waals surface area (Å²) in [5, 5.41) is 2.57.